The van der Waals surface area contributed by atoms with E-state index in [9.17, 15) is 9.18 Å². The fourth-order valence-corrected chi connectivity index (χ4v) is 4.49. The number of carbonyl (C=O) groups is 1. The second kappa shape index (κ2) is 9.51. The Balaban J connectivity index is 1.58. The summed E-state index contributed by atoms with van der Waals surface area (Å²) >= 11 is 1.43. The topological polar surface area (TPSA) is 54.9 Å². The lowest BCUT2D eigenvalue weighted by Crippen LogP contribution is -2.39. The van der Waals surface area contributed by atoms with Crippen molar-refractivity contribution < 1.29 is 18.7 Å². The van der Waals surface area contributed by atoms with Gasteiger partial charge in [-0.05, 0) is 42.8 Å². The van der Waals surface area contributed by atoms with Gasteiger partial charge >= 0.3 is 0 Å². The Kier molecular flexibility index (Phi) is 6.56. The number of halogens is 1. The number of amides is 1. The van der Waals surface area contributed by atoms with Crippen molar-refractivity contribution in [3.63, 3.8) is 0 Å². The van der Waals surface area contributed by atoms with Gasteiger partial charge in [-0.3, -0.25) is 14.6 Å². The first-order valence-corrected chi connectivity index (χ1v) is 10.8. The lowest BCUT2D eigenvalue weighted by molar-refractivity contribution is 0.0376. The number of hydrogen-bond donors (Lipinski definition) is 0. The summed E-state index contributed by atoms with van der Waals surface area (Å²) < 4.78 is 25.4. The molecule has 1 saturated heterocycles. The van der Waals surface area contributed by atoms with Crippen molar-refractivity contribution >= 4 is 32.6 Å². The number of fused-ring (bicyclic) bond motifs is 1. The van der Waals surface area contributed by atoms with Crippen LogP contribution in [0, 0.1) is 5.82 Å². The third-order valence-electron chi connectivity index (χ3n) is 5.09. The summed E-state index contributed by atoms with van der Waals surface area (Å²) in [5.74, 6) is 0.0682. The number of ether oxygens (including phenoxy) is 2. The molecule has 0 unspecified atom stereocenters. The van der Waals surface area contributed by atoms with E-state index in [0.29, 0.717) is 17.2 Å². The van der Waals surface area contributed by atoms with Gasteiger partial charge < -0.3 is 9.47 Å². The number of aromatic nitrogens is 1. The van der Waals surface area contributed by atoms with Crippen molar-refractivity contribution in [3.8, 4) is 5.75 Å². The number of hydrogen-bond acceptors (Lipinski definition) is 6. The molecule has 0 atom stereocenters. The van der Waals surface area contributed by atoms with Crippen molar-refractivity contribution in [2.45, 2.75) is 6.42 Å². The van der Waals surface area contributed by atoms with Crippen LogP contribution < -0.4 is 9.64 Å². The molecule has 0 spiro atoms. The molecule has 6 nitrogen and oxygen atoms in total. The average Bonchev–Trinajstić information content (AvgIpc) is 3.20. The average molecular weight is 430 g/mol. The minimum absolute atomic E-state index is 0.248. The minimum Gasteiger partial charge on any atom is -0.497 e. The number of nitrogens with zero attached hydrogens (tertiary/aromatic N) is 3. The highest BCUT2D eigenvalue weighted by molar-refractivity contribution is 7.22. The van der Waals surface area contributed by atoms with Gasteiger partial charge in [-0.25, -0.2) is 9.37 Å². The predicted octanol–water partition coefficient (Wildman–Crippen LogP) is 3.81. The molecule has 2 aromatic carbocycles. The fourth-order valence-electron chi connectivity index (χ4n) is 3.47. The monoisotopic (exact) mass is 429 g/mol. The molecule has 1 amide bonds. The highest BCUT2D eigenvalue weighted by atomic mass is 32.1. The summed E-state index contributed by atoms with van der Waals surface area (Å²) in [7, 11) is 1.62. The molecule has 0 saturated carbocycles. The molecule has 0 bridgehead atoms. The van der Waals surface area contributed by atoms with E-state index in [-0.39, 0.29) is 5.91 Å². The maximum atomic E-state index is 13.7. The van der Waals surface area contributed by atoms with Gasteiger partial charge in [0.15, 0.2) is 5.13 Å². The normalized spacial score (nSPS) is 14.7. The highest BCUT2D eigenvalue weighted by Crippen LogP contribution is 2.32. The lowest BCUT2D eigenvalue weighted by Gasteiger charge is -2.27. The number of methoxy groups -OCH3 is 1. The van der Waals surface area contributed by atoms with Crippen molar-refractivity contribution in [2.75, 3.05) is 51.4 Å². The van der Waals surface area contributed by atoms with Crippen LogP contribution in [-0.2, 0) is 4.74 Å². The van der Waals surface area contributed by atoms with Crippen LogP contribution in [0.25, 0.3) is 10.2 Å². The Hall–Kier alpha value is -2.55. The molecule has 1 aliphatic rings. The molecule has 0 aliphatic carbocycles. The van der Waals surface area contributed by atoms with Gasteiger partial charge in [-0.2, -0.15) is 0 Å². The Morgan fingerprint density at radius 2 is 2.10 bits per heavy atom. The molecule has 1 aromatic heterocycles. The first kappa shape index (κ1) is 20.7. The molecule has 30 heavy (non-hydrogen) atoms. The van der Waals surface area contributed by atoms with Crippen LogP contribution in [0.3, 0.4) is 0 Å². The van der Waals surface area contributed by atoms with Gasteiger partial charge in [0, 0.05) is 31.7 Å². The van der Waals surface area contributed by atoms with Crippen LogP contribution >= 0.6 is 11.3 Å². The third-order valence-corrected chi connectivity index (χ3v) is 6.13. The lowest BCUT2D eigenvalue weighted by atomic mass is 10.2. The van der Waals surface area contributed by atoms with Crippen molar-refractivity contribution in [1.29, 1.82) is 0 Å². The van der Waals surface area contributed by atoms with Crippen LogP contribution in [-0.4, -0.2) is 62.3 Å². The summed E-state index contributed by atoms with van der Waals surface area (Å²) in [6.45, 7) is 4.66. The fraction of sp³-hybridized carbons (Fsp3) is 0.364. The smallest absolute Gasteiger partial charge is 0.260 e. The van der Waals surface area contributed by atoms with Crippen LogP contribution in [0.2, 0.25) is 0 Å². The number of anilines is 1. The summed E-state index contributed by atoms with van der Waals surface area (Å²) in [5, 5.41) is 0.606. The maximum Gasteiger partial charge on any atom is 0.260 e. The maximum absolute atomic E-state index is 13.7. The molecular formula is C22H24FN3O3S. The van der Waals surface area contributed by atoms with Gasteiger partial charge in [0.2, 0.25) is 0 Å². The molecule has 0 N–H and O–H groups in total. The number of morpholine rings is 1. The van der Waals surface area contributed by atoms with Crippen LogP contribution in [0.1, 0.15) is 16.8 Å². The third kappa shape index (κ3) is 4.77. The summed E-state index contributed by atoms with van der Waals surface area (Å²) in [6, 6.07) is 11.4. The summed E-state index contributed by atoms with van der Waals surface area (Å²) in [5.41, 5.74) is 1.12. The SMILES string of the molecule is COc1ccc2nc(N(CCCN3CCOCC3)C(=O)c3cccc(F)c3)sc2c1. The Labute approximate surface area is 178 Å². The first-order chi connectivity index (χ1) is 14.6. The van der Waals surface area contributed by atoms with E-state index < -0.39 is 5.82 Å². The molecule has 0 radical (unpaired) electrons. The van der Waals surface area contributed by atoms with Crippen molar-refractivity contribution in [1.82, 2.24) is 9.88 Å². The molecule has 3 aromatic rings. The highest BCUT2D eigenvalue weighted by Gasteiger charge is 2.22. The van der Waals surface area contributed by atoms with E-state index >= 15 is 0 Å². The van der Waals surface area contributed by atoms with E-state index in [1.807, 2.05) is 18.2 Å². The quantitative estimate of drug-likeness (QED) is 0.572. The van der Waals surface area contributed by atoms with Gasteiger partial charge in [-0.1, -0.05) is 17.4 Å². The standard InChI is InChI=1S/C22H24FN3O3S/c1-28-18-6-7-19-20(15-18)30-22(24-19)26(9-3-8-25-10-12-29-13-11-25)21(27)16-4-2-5-17(23)14-16/h2,4-7,14-15H,3,8-13H2,1H3. The summed E-state index contributed by atoms with van der Waals surface area (Å²) in [6.07, 6.45) is 0.792. The van der Waals surface area contributed by atoms with E-state index in [4.69, 9.17) is 9.47 Å². The molecule has 1 aliphatic heterocycles. The predicted molar refractivity (Wildman–Crippen MR) is 116 cm³/mol. The molecule has 158 valence electrons. The number of rotatable bonds is 7. The van der Waals surface area contributed by atoms with Crippen molar-refractivity contribution in [3.05, 3.63) is 53.8 Å². The molecule has 4 rings (SSSR count). The number of thiazole rings is 1. The zero-order chi connectivity index (χ0) is 20.9. The van der Waals surface area contributed by atoms with Gasteiger partial charge in [-0.15, -0.1) is 0 Å². The van der Waals surface area contributed by atoms with E-state index in [0.717, 1.165) is 55.2 Å². The zero-order valence-electron chi connectivity index (χ0n) is 16.8. The Bertz CT molecular complexity index is 1020. The Morgan fingerprint density at radius 1 is 1.27 bits per heavy atom. The van der Waals surface area contributed by atoms with Crippen molar-refractivity contribution in [2.24, 2.45) is 0 Å². The molecular weight excluding hydrogens is 405 g/mol. The van der Waals surface area contributed by atoms with Crippen LogP contribution in [0.5, 0.6) is 5.75 Å². The van der Waals surface area contributed by atoms with Gasteiger partial charge in [0.1, 0.15) is 11.6 Å². The van der Waals surface area contributed by atoms with Gasteiger partial charge in [0.05, 0.1) is 30.5 Å². The second-order valence-electron chi connectivity index (χ2n) is 7.10. The zero-order valence-corrected chi connectivity index (χ0v) is 17.7. The first-order valence-electron chi connectivity index (χ1n) is 9.96. The van der Waals surface area contributed by atoms with E-state index in [1.165, 1.54) is 23.5 Å². The molecule has 1 fully saturated rings. The number of benzene rings is 2. The largest absolute Gasteiger partial charge is 0.497 e. The van der Waals surface area contributed by atoms with E-state index in [2.05, 4.69) is 9.88 Å². The number of carbonyl (C=O) groups excluding carboxylic acids is 1. The van der Waals surface area contributed by atoms with E-state index in [1.54, 1.807) is 24.1 Å². The molecule has 2 heterocycles. The van der Waals surface area contributed by atoms with Crippen LogP contribution in [0.4, 0.5) is 9.52 Å². The molecule has 8 heteroatoms. The Morgan fingerprint density at radius 3 is 2.87 bits per heavy atom. The summed E-state index contributed by atoms with van der Waals surface area (Å²) in [4.78, 5) is 21.9. The van der Waals surface area contributed by atoms with Gasteiger partial charge in [0.25, 0.3) is 5.91 Å². The van der Waals surface area contributed by atoms with Crippen LogP contribution in [0.15, 0.2) is 42.5 Å². The minimum atomic E-state index is -0.428. The second-order valence-corrected chi connectivity index (χ2v) is 8.11.